The lowest BCUT2D eigenvalue weighted by Crippen LogP contribution is -2.38. The number of carbonyl (C=O) groups excluding carboxylic acids is 1. The number of hydrogen-bond acceptors (Lipinski definition) is 3. The molecule has 0 amide bonds. The fourth-order valence-electron chi connectivity index (χ4n) is 5.06. The molecule has 0 heterocycles. The van der Waals surface area contributed by atoms with Gasteiger partial charge in [-0.1, -0.05) is 25.2 Å². The zero-order chi connectivity index (χ0) is 13.3. The molecule has 4 aliphatic carbocycles. The van der Waals surface area contributed by atoms with Crippen molar-refractivity contribution in [3.63, 3.8) is 0 Å². The van der Waals surface area contributed by atoms with Crippen molar-refractivity contribution in [1.82, 2.24) is 0 Å². The number of fused-ring (bicyclic) bond motifs is 7. The first-order chi connectivity index (χ1) is 9.08. The molecule has 2 fully saturated rings. The fourth-order valence-corrected chi connectivity index (χ4v) is 5.06. The minimum absolute atomic E-state index is 0.0407. The Morgan fingerprint density at radius 2 is 1.95 bits per heavy atom. The van der Waals surface area contributed by atoms with Crippen LogP contribution in [-0.4, -0.2) is 16.7 Å². The highest BCUT2D eigenvalue weighted by Crippen LogP contribution is 2.60. The zero-order valence-corrected chi connectivity index (χ0v) is 10.9. The molecule has 0 aromatic heterocycles. The highest BCUT2D eigenvalue weighted by atomic mass is 16.6. The van der Waals surface area contributed by atoms with Gasteiger partial charge < -0.3 is 0 Å². The van der Waals surface area contributed by atoms with Crippen LogP contribution in [-0.2, 0) is 4.79 Å². The van der Waals surface area contributed by atoms with Crippen LogP contribution in [0.1, 0.15) is 19.8 Å². The minimum atomic E-state index is -0.554. The van der Waals surface area contributed by atoms with Crippen LogP contribution in [0.5, 0.6) is 0 Å². The van der Waals surface area contributed by atoms with Crippen molar-refractivity contribution in [3.05, 3.63) is 33.9 Å². The second-order valence-corrected chi connectivity index (χ2v) is 6.63. The molecular weight excluding hydrogens is 242 g/mol. The van der Waals surface area contributed by atoms with E-state index in [-0.39, 0.29) is 34.4 Å². The number of rotatable bonds is 1. The lowest BCUT2D eigenvalue weighted by Gasteiger charge is -2.30. The number of hydrogen-bond donors (Lipinski definition) is 0. The van der Waals surface area contributed by atoms with E-state index in [0.717, 1.165) is 12.0 Å². The summed E-state index contributed by atoms with van der Waals surface area (Å²) < 4.78 is 0. The van der Waals surface area contributed by atoms with E-state index in [4.69, 9.17) is 0 Å². The molecule has 0 N–H and O–H groups in total. The molecule has 4 heteroatoms. The highest BCUT2D eigenvalue weighted by Gasteiger charge is 2.62. The van der Waals surface area contributed by atoms with Gasteiger partial charge in [-0.25, -0.2) is 0 Å². The summed E-state index contributed by atoms with van der Waals surface area (Å²) in [6.45, 7) is 1.98. The van der Waals surface area contributed by atoms with Gasteiger partial charge in [0.15, 0.2) is 5.78 Å². The number of allylic oxidation sites excluding steroid dienone is 3. The van der Waals surface area contributed by atoms with Gasteiger partial charge in [0, 0.05) is 22.8 Å². The predicted molar refractivity (Wildman–Crippen MR) is 68.9 cm³/mol. The third-order valence-electron chi connectivity index (χ3n) is 5.64. The number of nitro groups is 1. The van der Waals surface area contributed by atoms with Crippen LogP contribution in [0.2, 0.25) is 0 Å². The van der Waals surface area contributed by atoms with Crippen molar-refractivity contribution < 1.29 is 9.72 Å². The van der Waals surface area contributed by atoms with E-state index in [1.807, 2.05) is 13.0 Å². The largest absolute Gasteiger partial charge is 0.294 e. The maximum Gasteiger partial charge on any atom is 0.220 e. The first-order valence-corrected chi connectivity index (χ1v) is 7.15. The topological polar surface area (TPSA) is 60.2 Å². The van der Waals surface area contributed by atoms with Crippen molar-refractivity contribution in [2.24, 2.45) is 35.5 Å². The number of carbonyl (C=O) groups is 1. The molecule has 0 aromatic carbocycles. The summed E-state index contributed by atoms with van der Waals surface area (Å²) in [6, 6.07) is -0.554. The Labute approximate surface area is 111 Å². The van der Waals surface area contributed by atoms with Crippen LogP contribution in [0.4, 0.5) is 0 Å². The third-order valence-corrected chi connectivity index (χ3v) is 5.64. The number of ketones is 1. The van der Waals surface area contributed by atoms with Gasteiger partial charge in [0.1, 0.15) is 0 Å². The lowest BCUT2D eigenvalue weighted by atomic mass is 9.73. The average molecular weight is 259 g/mol. The van der Waals surface area contributed by atoms with Gasteiger partial charge in [0.05, 0.1) is 5.92 Å². The van der Waals surface area contributed by atoms with E-state index in [1.165, 1.54) is 0 Å². The Morgan fingerprint density at radius 3 is 2.68 bits per heavy atom. The van der Waals surface area contributed by atoms with Crippen LogP contribution >= 0.6 is 0 Å². The van der Waals surface area contributed by atoms with Gasteiger partial charge in [-0.05, 0) is 30.1 Å². The fraction of sp³-hybridized carbons (Fsp3) is 0.667. The Morgan fingerprint density at radius 1 is 1.21 bits per heavy atom. The molecule has 19 heavy (non-hydrogen) atoms. The normalized spacial score (nSPS) is 50.1. The van der Waals surface area contributed by atoms with Gasteiger partial charge in [-0.2, -0.15) is 0 Å². The molecule has 0 aliphatic heterocycles. The molecule has 2 saturated carbocycles. The SMILES string of the molecule is CC1C=C2C(=O)C3C4C=CC(C4)C3C2C([N+](=O)[O-])C1. The Hall–Kier alpha value is -1.45. The van der Waals surface area contributed by atoms with Crippen LogP contribution < -0.4 is 0 Å². The van der Waals surface area contributed by atoms with Gasteiger partial charge in [-0.3, -0.25) is 14.9 Å². The van der Waals surface area contributed by atoms with Gasteiger partial charge in [0.2, 0.25) is 6.04 Å². The van der Waals surface area contributed by atoms with Gasteiger partial charge in [-0.15, -0.1) is 0 Å². The van der Waals surface area contributed by atoms with E-state index in [1.54, 1.807) is 0 Å². The summed E-state index contributed by atoms with van der Waals surface area (Å²) in [6.07, 6.45) is 7.98. The van der Waals surface area contributed by atoms with E-state index in [2.05, 4.69) is 12.2 Å². The summed E-state index contributed by atoms with van der Waals surface area (Å²) in [5.74, 6) is 1.22. The van der Waals surface area contributed by atoms with Crippen LogP contribution in [0.3, 0.4) is 0 Å². The summed E-state index contributed by atoms with van der Waals surface area (Å²) in [7, 11) is 0. The zero-order valence-electron chi connectivity index (χ0n) is 10.9. The first-order valence-electron chi connectivity index (χ1n) is 7.15. The highest BCUT2D eigenvalue weighted by molar-refractivity contribution is 6.01. The monoisotopic (exact) mass is 259 g/mol. The lowest BCUT2D eigenvalue weighted by molar-refractivity contribution is -0.534. The molecule has 4 nitrogen and oxygen atoms in total. The molecule has 4 aliphatic rings. The first kappa shape index (κ1) is 11.4. The van der Waals surface area contributed by atoms with E-state index < -0.39 is 6.04 Å². The van der Waals surface area contributed by atoms with Crippen molar-refractivity contribution >= 4 is 5.78 Å². The van der Waals surface area contributed by atoms with Crippen LogP contribution in [0.15, 0.2) is 23.8 Å². The average Bonchev–Trinajstić information content (AvgIpc) is 3.02. The standard InChI is InChI=1S/C15H17NO3/c1-7-4-10-14(11(5-7)16(18)19)12-8-2-3-9(6-8)13(12)15(10)17/h2-4,7-9,11-14H,5-6H2,1H3. The Kier molecular flexibility index (Phi) is 2.13. The maximum absolute atomic E-state index is 12.6. The second-order valence-electron chi connectivity index (χ2n) is 6.63. The second kappa shape index (κ2) is 3.56. The quantitative estimate of drug-likeness (QED) is 0.412. The molecule has 0 saturated heterocycles. The molecule has 4 rings (SSSR count). The molecule has 0 spiro atoms. The smallest absolute Gasteiger partial charge is 0.220 e. The Bertz CT molecular complexity index is 536. The van der Waals surface area contributed by atoms with E-state index >= 15 is 0 Å². The number of Topliss-reactive ketones (excluding diaryl/α,β-unsaturated/α-hetero) is 1. The molecule has 7 unspecified atom stereocenters. The van der Waals surface area contributed by atoms with E-state index in [9.17, 15) is 14.9 Å². The van der Waals surface area contributed by atoms with Crippen molar-refractivity contribution in [1.29, 1.82) is 0 Å². The molecular formula is C15H17NO3. The summed E-state index contributed by atoms with van der Waals surface area (Å²) in [5.41, 5.74) is 0.786. The van der Waals surface area contributed by atoms with Crippen molar-refractivity contribution in [3.8, 4) is 0 Å². The van der Waals surface area contributed by atoms with E-state index in [0.29, 0.717) is 18.3 Å². The summed E-state index contributed by atoms with van der Waals surface area (Å²) in [4.78, 5) is 23.9. The summed E-state index contributed by atoms with van der Waals surface area (Å²) in [5, 5.41) is 11.4. The molecule has 2 bridgehead atoms. The van der Waals surface area contributed by atoms with Crippen molar-refractivity contribution in [2.45, 2.75) is 25.8 Å². The minimum Gasteiger partial charge on any atom is -0.294 e. The third kappa shape index (κ3) is 1.32. The summed E-state index contributed by atoms with van der Waals surface area (Å²) >= 11 is 0. The van der Waals surface area contributed by atoms with Crippen molar-refractivity contribution in [2.75, 3.05) is 0 Å². The molecule has 0 radical (unpaired) electrons. The van der Waals surface area contributed by atoms with Crippen LogP contribution in [0.25, 0.3) is 0 Å². The number of nitrogens with zero attached hydrogens (tertiary/aromatic N) is 1. The van der Waals surface area contributed by atoms with Gasteiger partial charge >= 0.3 is 0 Å². The molecule has 100 valence electrons. The molecule has 7 atom stereocenters. The van der Waals surface area contributed by atoms with Crippen LogP contribution in [0, 0.1) is 45.6 Å². The van der Waals surface area contributed by atoms with Gasteiger partial charge in [0.25, 0.3) is 0 Å². The Balaban J connectivity index is 1.82. The predicted octanol–water partition coefficient (Wildman–Crippen LogP) is 2.24. The molecule has 0 aromatic rings. The maximum atomic E-state index is 12.6.